The summed E-state index contributed by atoms with van der Waals surface area (Å²) in [5.41, 5.74) is 3.10. The molecule has 0 aromatic carbocycles. The molecular weight excluding hydrogens is 292 g/mol. The Balaban J connectivity index is 2.03. The lowest BCUT2D eigenvalue weighted by atomic mass is 10.1. The van der Waals surface area contributed by atoms with Crippen molar-refractivity contribution in [2.75, 3.05) is 19.0 Å². The lowest BCUT2D eigenvalue weighted by Crippen LogP contribution is -2.32. The van der Waals surface area contributed by atoms with Crippen LogP contribution in [0.2, 0.25) is 0 Å². The van der Waals surface area contributed by atoms with Gasteiger partial charge in [0.2, 0.25) is 0 Å². The van der Waals surface area contributed by atoms with E-state index >= 15 is 0 Å². The van der Waals surface area contributed by atoms with Gasteiger partial charge in [-0.25, -0.2) is 4.98 Å². The molecule has 0 aliphatic carbocycles. The molecule has 0 spiro atoms. The van der Waals surface area contributed by atoms with Crippen LogP contribution in [0.5, 0.6) is 5.75 Å². The van der Waals surface area contributed by atoms with Gasteiger partial charge in [0.1, 0.15) is 22.3 Å². The van der Waals surface area contributed by atoms with Crippen molar-refractivity contribution < 1.29 is 9.84 Å². The third-order valence-corrected chi connectivity index (χ3v) is 2.88. The maximum atomic E-state index is 9.18. The summed E-state index contributed by atoms with van der Waals surface area (Å²) in [5.74, 6) is 1.27. The molecule has 1 aromatic heterocycles. The van der Waals surface area contributed by atoms with E-state index < -0.39 is 5.60 Å². The van der Waals surface area contributed by atoms with Crippen LogP contribution < -0.4 is 15.5 Å². The number of nitrogens with one attached hydrogen (secondary N) is 2. The van der Waals surface area contributed by atoms with E-state index in [1.54, 1.807) is 29.4 Å². The number of aliphatic hydroxyl groups is 1. The lowest BCUT2D eigenvalue weighted by Gasteiger charge is -2.24. The van der Waals surface area contributed by atoms with Gasteiger partial charge in [0.05, 0.1) is 18.5 Å². The lowest BCUT2D eigenvalue weighted by molar-refractivity contribution is 0.0410. The first-order chi connectivity index (χ1) is 9.88. The highest BCUT2D eigenvalue weighted by Gasteiger charge is 2.18. The Kier molecular flexibility index (Phi) is 4.59. The Hall–Kier alpha value is -1.92. The van der Waals surface area contributed by atoms with Crippen molar-refractivity contribution in [3.8, 4) is 5.75 Å². The van der Waals surface area contributed by atoms with Gasteiger partial charge in [-0.05, 0) is 32.1 Å². The second kappa shape index (κ2) is 6.24. The van der Waals surface area contributed by atoms with Crippen LogP contribution in [-0.2, 0) is 0 Å². The highest BCUT2D eigenvalue weighted by Crippen LogP contribution is 2.20. The van der Waals surface area contributed by atoms with Crippen molar-refractivity contribution in [2.24, 2.45) is 0 Å². The summed E-state index contributed by atoms with van der Waals surface area (Å²) in [6.07, 6.45) is 5.23. The minimum atomic E-state index is -0.632. The van der Waals surface area contributed by atoms with E-state index in [1.807, 2.05) is 27.1 Å². The molecule has 0 saturated carbocycles. The zero-order chi connectivity index (χ0) is 15.5. The second-order valence-electron chi connectivity index (χ2n) is 5.32. The predicted molar refractivity (Wildman–Crippen MR) is 82.6 cm³/mol. The van der Waals surface area contributed by atoms with Crippen LogP contribution in [0.15, 0.2) is 41.5 Å². The van der Waals surface area contributed by atoms with Gasteiger partial charge in [-0.1, -0.05) is 11.6 Å². The molecule has 2 heterocycles. The second-order valence-corrected chi connectivity index (χ2v) is 5.73. The molecule has 0 atom stereocenters. The maximum Gasteiger partial charge on any atom is 0.138 e. The molecule has 0 amide bonds. The van der Waals surface area contributed by atoms with Crippen LogP contribution in [0.25, 0.3) is 0 Å². The van der Waals surface area contributed by atoms with E-state index in [9.17, 15) is 5.11 Å². The average Bonchev–Trinajstić information content (AvgIpc) is 2.39. The zero-order valence-electron chi connectivity index (χ0n) is 12.2. The van der Waals surface area contributed by atoms with E-state index in [1.165, 1.54) is 0 Å². The maximum absolute atomic E-state index is 9.18. The van der Waals surface area contributed by atoms with Gasteiger partial charge in [-0.2, -0.15) is 0 Å². The fourth-order valence-electron chi connectivity index (χ4n) is 1.70. The number of halogens is 1. The monoisotopic (exact) mass is 310 g/mol. The van der Waals surface area contributed by atoms with Crippen LogP contribution in [0, 0.1) is 0 Å². The Morgan fingerprint density at radius 2 is 2.24 bits per heavy atom. The summed E-state index contributed by atoms with van der Waals surface area (Å²) in [6, 6.07) is 3.59. The first kappa shape index (κ1) is 15.5. The molecule has 3 N–H and O–H groups in total. The Morgan fingerprint density at radius 1 is 1.48 bits per heavy atom. The topological polar surface area (TPSA) is 69.7 Å². The van der Waals surface area contributed by atoms with E-state index in [2.05, 4.69) is 15.7 Å². The van der Waals surface area contributed by atoms with Crippen LogP contribution in [-0.4, -0.2) is 34.4 Å². The van der Waals surface area contributed by atoms with E-state index in [0.29, 0.717) is 16.7 Å². The SMILES string of the molecule is CN1C=C(Nc2ccc(OC(C)(C)CO)cn2)C=C(Cl)N1. The van der Waals surface area contributed by atoms with Crippen LogP contribution in [0.3, 0.4) is 0 Å². The normalized spacial score (nSPS) is 15.0. The number of aliphatic hydroxyl groups excluding tert-OH is 1. The fraction of sp³-hybridized carbons (Fsp3) is 0.357. The van der Waals surface area contributed by atoms with Gasteiger partial charge in [-0.15, -0.1) is 0 Å². The Morgan fingerprint density at radius 3 is 2.81 bits per heavy atom. The standard InChI is InChI=1S/C14H19ClN4O2/c1-14(2,9-20)21-11-4-5-13(16-7-11)17-10-6-12(15)18-19(3)8-10/h4-8,18,20H,9H2,1-3H3,(H,16,17). The predicted octanol–water partition coefficient (Wildman–Crippen LogP) is 2.01. The number of pyridine rings is 1. The third-order valence-electron chi connectivity index (χ3n) is 2.68. The van der Waals surface area contributed by atoms with Crippen LogP contribution in [0.1, 0.15) is 13.8 Å². The summed E-state index contributed by atoms with van der Waals surface area (Å²) < 4.78 is 5.62. The molecule has 1 aromatic rings. The van der Waals surface area contributed by atoms with Crippen LogP contribution >= 0.6 is 11.6 Å². The molecule has 1 aliphatic rings. The van der Waals surface area contributed by atoms with Gasteiger partial charge >= 0.3 is 0 Å². The number of hydrazine groups is 1. The first-order valence-corrected chi connectivity index (χ1v) is 6.87. The molecule has 0 saturated heterocycles. The summed E-state index contributed by atoms with van der Waals surface area (Å²) >= 11 is 5.95. The minimum Gasteiger partial charge on any atom is -0.484 e. The van der Waals surface area contributed by atoms with E-state index in [4.69, 9.17) is 16.3 Å². The number of hydrogen-bond donors (Lipinski definition) is 3. The average molecular weight is 311 g/mol. The molecule has 0 fully saturated rings. The quantitative estimate of drug-likeness (QED) is 0.723. The molecule has 6 nitrogen and oxygen atoms in total. The molecule has 21 heavy (non-hydrogen) atoms. The van der Waals surface area contributed by atoms with Crippen molar-refractivity contribution >= 4 is 17.4 Å². The molecule has 0 unspecified atom stereocenters. The number of allylic oxidation sites excluding steroid dienone is 1. The van der Waals surface area contributed by atoms with Gasteiger partial charge in [0.25, 0.3) is 0 Å². The number of rotatable bonds is 5. The number of anilines is 1. The number of hydrogen-bond acceptors (Lipinski definition) is 6. The van der Waals surface area contributed by atoms with Crippen molar-refractivity contribution in [3.63, 3.8) is 0 Å². The third kappa shape index (κ3) is 4.54. The van der Waals surface area contributed by atoms with Crippen LogP contribution in [0.4, 0.5) is 5.82 Å². The highest BCUT2D eigenvalue weighted by molar-refractivity contribution is 6.29. The van der Waals surface area contributed by atoms with Crippen molar-refractivity contribution in [3.05, 3.63) is 41.5 Å². The van der Waals surface area contributed by atoms with Gasteiger partial charge in [0.15, 0.2) is 0 Å². The highest BCUT2D eigenvalue weighted by atomic mass is 35.5. The number of aromatic nitrogens is 1. The minimum absolute atomic E-state index is 0.0669. The Bertz CT molecular complexity index is 555. The van der Waals surface area contributed by atoms with Gasteiger partial charge in [-0.3, -0.25) is 10.4 Å². The number of ether oxygens (including phenoxy) is 1. The van der Waals surface area contributed by atoms with Crippen molar-refractivity contribution in [2.45, 2.75) is 19.4 Å². The molecule has 0 bridgehead atoms. The largest absolute Gasteiger partial charge is 0.484 e. The van der Waals surface area contributed by atoms with Gasteiger partial charge in [0, 0.05) is 13.2 Å². The summed E-state index contributed by atoms with van der Waals surface area (Å²) in [7, 11) is 1.85. The first-order valence-electron chi connectivity index (χ1n) is 6.49. The Labute approximate surface area is 129 Å². The zero-order valence-corrected chi connectivity index (χ0v) is 13.0. The smallest absolute Gasteiger partial charge is 0.138 e. The van der Waals surface area contributed by atoms with Gasteiger partial charge < -0.3 is 15.2 Å². The molecule has 2 rings (SSSR count). The molecule has 114 valence electrons. The van der Waals surface area contributed by atoms with E-state index in [0.717, 1.165) is 5.70 Å². The summed E-state index contributed by atoms with van der Waals surface area (Å²) in [4.78, 5) is 4.27. The molecular formula is C14H19ClN4O2. The molecule has 0 radical (unpaired) electrons. The van der Waals surface area contributed by atoms with Crippen molar-refractivity contribution in [1.82, 2.24) is 15.4 Å². The number of nitrogens with zero attached hydrogens (tertiary/aromatic N) is 2. The molecule has 1 aliphatic heterocycles. The van der Waals surface area contributed by atoms with Crippen molar-refractivity contribution in [1.29, 1.82) is 0 Å². The van der Waals surface area contributed by atoms with E-state index in [-0.39, 0.29) is 6.61 Å². The summed E-state index contributed by atoms with van der Waals surface area (Å²) in [6.45, 7) is 3.55. The summed E-state index contributed by atoms with van der Waals surface area (Å²) in [5, 5.41) is 14.6. The molecule has 7 heteroatoms. The fourth-order valence-corrected chi connectivity index (χ4v) is 1.95.